The summed E-state index contributed by atoms with van der Waals surface area (Å²) < 4.78 is 5.39. The summed E-state index contributed by atoms with van der Waals surface area (Å²) in [5.74, 6) is 0.210. The quantitative estimate of drug-likeness (QED) is 0.176. The average molecular weight is 217 g/mol. The van der Waals surface area contributed by atoms with E-state index in [0.717, 1.165) is 32.6 Å². The normalized spacial score (nSPS) is 14.1. The average Bonchev–Trinajstić information content (AvgIpc) is 2.26. The van der Waals surface area contributed by atoms with Gasteiger partial charge in [-0.05, 0) is 26.3 Å². The van der Waals surface area contributed by atoms with Crippen LogP contribution in [-0.4, -0.2) is 36.8 Å². The fraction of sp³-hybridized carbons (Fsp3) is 0.900. The van der Waals surface area contributed by atoms with E-state index in [1.165, 1.54) is 6.42 Å². The molecule has 15 heavy (non-hydrogen) atoms. The molecule has 1 atom stereocenters. The first-order valence-corrected chi connectivity index (χ1v) is 5.50. The Labute approximate surface area is 91.7 Å². The maximum atomic E-state index is 8.40. The molecule has 0 spiro atoms. The molecule has 1 unspecified atom stereocenters. The van der Waals surface area contributed by atoms with Crippen LogP contribution in [0.15, 0.2) is 5.16 Å². The van der Waals surface area contributed by atoms with Gasteiger partial charge >= 0.3 is 0 Å². The Kier molecular flexibility index (Phi) is 9.21. The molecule has 0 radical (unpaired) electrons. The lowest BCUT2D eigenvalue weighted by Gasteiger charge is -2.11. The van der Waals surface area contributed by atoms with Crippen LogP contribution in [0.4, 0.5) is 0 Å². The third-order valence-corrected chi connectivity index (χ3v) is 2.12. The molecule has 0 saturated carbocycles. The minimum absolute atomic E-state index is 0.0920. The molecule has 0 aromatic carbocycles. The van der Waals surface area contributed by atoms with Crippen molar-refractivity contribution in [2.75, 3.05) is 19.8 Å². The van der Waals surface area contributed by atoms with E-state index in [2.05, 4.69) is 17.4 Å². The summed E-state index contributed by atoms with van der Waals surface area (Å²) in [6.07, 6.45) is 3.22. The van der Waals surface area contributed by atoms with Gasteiger partial charge in [-0.3, -0.25) is 0 Å². The second kappa shape index (κ2) is 9.73. The van der Waals surface area contributed by atoms with E-state index in [1.807, 2.05) is 6.92 Å². The number of nitrogens with zero attached hydrogens (tertiary/aromatic N) is 1. The van der Waals surface area contributed by atoms with Crippen LogP contribution < -0.4 is 11.1 Å². The summed E-state index contributed by atoms with van der Waals surface area (Å²) in [5, 5.41) is 14.5. The van der Waals surface area contributed by atoms with Gasteiger partial charge in [-0.2, -0.15) is 0 Å². The summed E-state index contributed by atoms with van der Waals surface area (Å²) in [6, 6.07) is -0.0920. The molecule has 0 rings (SSSR count). The first kappa shape index (κ1) is 14.2. The summed E-state index contributed by atoms with van der Waals surface area (Å²) in [6.45, 7) is 6.41. The van der Waals surface area contributed by atoms with Crippen LogP contribution in [0.5, 0.6) is 0 Å². The largest absolute Gasteiger partial charge is 0.409 e. The molecule has 0 aliphatic heterocycles. The molecule has 0 heterocycles. The highest BCUT2D eigenvalue weighted by Gasteiger charge is 2.04. The van der Waals surface area contributed by atoms with E-state index >= 15 is 0 Å². The molecule has 0 amide bonds. The van der Waals surface area contributed by atoms with E-state index in [1.54, 1.807) is 0 Å². The van der Waals surface area contributed by atoms with Crippen molar-refractivity contribution in [2.45, 2.75) is 39.2 Å². The zero-order valence-corrected chi connectivity index (χ0v) is 9.70. The van der Waals surface area contributed by atoms with E-state index in [-0.39, 0.29) is 11.9 Å². The van der Waals surface area contributed by atoms with Gasteiger partial charge in [0.15, 0.2) is 5.84 Å². The highest BCUT2D eigenvalue weighted by atomic mass is 16.5. The molecule has 4 N–H and O–H groups in total. The predicted molar refractivity (Wildman–Crippen MR) is 61.2 cm³/mol. The van der Waals surface area contributed by atoms with Crippen LogP contribution in [0.1, 0.15) is 33.1 Å². The third-order valence-electron chi connectivity index (χ3n) is 2.12. The fourth-order valence-corrected chi connectivity index (χ4v) is 1.03. The van der Waals surface area contributed by atoms with Crippen molar-refractivity contribution < 1.29 is 9.94 Å². The van der Waals surface area contributed by atoms with Crippen molar-refractivity contribution in [3.63, 3.8) is 0 Å². The lowest BCUT2D eigenvalue weighted by molar-refractivity contribution is 0.128. The van der Waals surface area contributed by atoms with Crippen molar-refractivity contribution in [2.24, 2.45) is 10.9 Å². The van der Waals surface area contributed by atoms with Gasteiger partial charge in [-0.15, -0.1) is 0 Å². The Morgan fingerprint density at radius 2 is 2.13 bits per heavy atom. The number of amidine groups is 1. The van der Waals surface area contributed by atoms with Crippen molar-refractivity contribution >= 4 is 5.84 Å². The molecule has 0 aromatic rings. The zero-order valence-electron chi connectivity index (χ0n) is 9.70. The SMILES string of the molecule is CCCCOCCCNC(C)C(N)=NO. The first-order valence-electron chi connectivity index (χ1n) is 5.50. The summed E-state index contributed by atoms with van der Waals surface area (Å²) in [7, 11) is 0. The molecule has 5 heteroatoms. The Morgan fingerprint density at radius 1 is 1.47 bits per heavy atom. The monoisotopic (exact) mass is 217 g/mol. The van der Waals surface area contributed by atoms with E-state index in [4.69, 9.17) is 15.7 Å². The number of ether oxygens (including phenoxy) is 1. The number of nitrogens with two attached hydrogens (primary N) is 1. The van der Waals surface area contributed by atoms with Gasteiger partial charge in [0.05, 0.1) is 6.04 Å². The van der Waals surface area contributed by atoms with Gasteiger partial charge < -0.3 is 21.0 Å². The minimum atomic E-state index is -0.0920. The highest BCUT2D eigenvalue weighted by molar-refractivity contribution is 5.84. The molecule has 0 aromatic heterocycles. The number of nitrogens with one attached hydrogen (secondary N) is 1. The lowest BCUT2D eigenvalue weighted by Crippen LogP contribution is -2.39. The number of unbranched alkanes of at least 4 members (excludes halogenated alkanes) is 1. The van der Waals surface area contributed by atoms with Crippen LogP contribution in [0.25, 0.3) is 0 Å². The van der Waals surface area contributed by atoms with Gasteiger partial charge in [0.25, 0.3) is 0 Å². The number of oxime groups is 1. The summed E-state index contributed by atoms with van der Waals surface area (Å²) in [4.78, 5) is 0. The smallest absolute Gasteiger partial charge is 0.156 e. The molecular weight excluding hydrogens is 194 g/mol. The summed E-state index contributed by atoms with van der Waals surface area (Å²) >= 11 is 0. The second-order valence-electron chi connectivity index (χ2n) is 3.52. The third kappa shape index (κ3) is 8.20. The Bertz CT molecular complexity index is 174. The van der Waals surface area contributed by atoms with Gasteiger partial charge in [0.1, 0.15) is 0 Å². The first-order chi connectivity index (χ1) is 7.22. The zero-order chi connectivity index (χ0) is 11.5. The second-order valence-corrected chi connectivity index (χ2v) is 3.52. The van der Waals surface area contributed by atoms with Crippen LogP contribution in [0.3, 0.4) is 0 Å². The van der Waals surface area contributed by atoms with E-state index in [0.29, 0.717) is 0 Å². The molecule has 0 bridgehead atoms. The fourth-order valence-electron chi connectivity index (χ4n) is 1.03. The topological polar surface area (TPSA) is 79.9 Å². The molecule has 0 aliphatic carbocycles. The van der Waals surface area contributed by atoms with E-state index < -0.39 is 0 Å². The number of rotatable bonds is 9. The van der Waals surface area contributed by atoms with Gasteiger partial charge in [0.2, 0.25) is 0 Å². The van der Waals surface area contributed by atoms with E-state index in [9.17, 15) is 0 Å². The molecule has 90 valence electrons. The minimum Gasteiger partial charge on any atom is -0.409 e. The van der Waals surface area contributed by atoms with Crippen molar-refractivity contribution in [1.29, 1.82) is 0 Å². The van der Waals surface area contributed by atoms with Crippen molar-refractivity contribution in [3.8, 4) is 0 Å². The van der Waals surface area contributed by atoms with Crippen molar-refractivity contribution in [1.82, 2.24) is 5.32 Å². The number of hydrogen-bond donors (Lipinski definition) is 3. The van der Waals surface area contributed by atoms with Gasteiger partial charge in [0, 0.05) is 13.2 Å². The highest BCUT2D eigenvalue weighted by Crippen LogP contribution is 1.90. The van der Waals surface area contributed by atoms with Crippen LogP contribution in [0, 0.1) is 0 Å². The molecule has 0 aliphatic rings. The molecule has 0 saturated heterocycles. The molecule has 5 nitrogen and oxygen atoms in total. The Hall–Kier alpha value is -0.810. The summed E-state index contributed by atoms with van der Waals surface area (Å²) in [5.41, 5.74) is 5.40. The van der Waals surface area contributed by atoms with Crippen LogP contribution >= 0.6 is 0 Å². The molecule has 0 fully saturated rings. The maximum Gasteiger partial charge on any atom is 0.156 e. The van der Waals surface area contributed by atoms with Gasteiger partial charge in [-0.1, -0.05) is 18.5 Å². The lowest BCUT2D eigenvalue weighted by atomic mass is 10.3. The van der Waals surface area contributed by atoms with Crippen LogP contribution in [-0.2, 0) is 4.74 Å². The Balaban J connectivity index is 3.24. The predicted octanol–water partition coefficient (Wildman–Crippen LogP) is 0.918. The molecular formula is C10H23N3O2. The maximum absolute atomic E-state index is 8.40. The van der Waals surface area contributed by atoms with Gasteiger partial charge in [-0.25, -0.2) is 0 Å². The van der Waals surface area contributed by atoms with Crippen molar-refractivity contribution in [3.05, 3.63) is 0 Å². The number of hydrogen-bond acceptors (Lipinski definition) is 4. The standard InChI is InChI=1S/C10H23N3O2/c1-3-4-7-15-8-5-6-12-9(2)10(11)13-14/h9,12,14H,3-8H2,1-2H3,(H2,11,13). The Morgan fingerprint density at radius 3 is 2.73 bits per heavy atom. The van der Waals surface area contributed by atoms with Crippen LogP contribution in [0.2, 0.25) is 0 Å².